The highest BCUT2D eigenvalue weighted by Crippen LogP contribution is 2.23. The number of hydrogen-bond donors (Lipinski definition) is 0. The lowest BCUT2D eigenvalue weighted by atomic mass is 10.1. The molecule has 1 nitrogen and oxygen atoms in total. The minimum absolute atomic E-state index is 0.773. The number of ether oxygens (including phenoxy) is 1. The van der Waals surface area contributed by atoms with Crippen LogP contribution >= 0.6 is 0 Å². The Bertz CT molecular complexity index is 116. The van der Waals surface area contributed by atoms with Crippen molar-refractivity contribution >= 4 is 0 Å². The van der Waals surface area contributed by atoms with Crippen molar-refractivity contribution < 1.29 is 4.74 Å². The van der Waals surface area contributed by atoms with Crippen molar-refractivity contribution in [2.24, 2.45) is 5.92 Å². The third-order valence-electron chi connectivity index (χ3n) is 1.81. The molecule has 9 heavy (non-hydrogen) atoms. The molecule has 0 aromatic rings. The zero-order valence-electron chi connectivity index (χ0n) is 6.18. The molecule has 0 radical (unpaired) electrons. The first-order valence-corrected chi connectivity index (χ1v) is 3.47. The minimum Gasteiger partial charge on any atom is -0.384 e. The maximum Gasteiger partial charge on any atom is 0.0496 e. The van der Waals surface area contributed by atoms with E-state index >= 15 is 0 Å². The summed E-state index contributed by atoms with van der Waals surface area (Å²) in [4.78, 5) is 0. The van der Waals surface area contributed by atoms with Gasteiger partial charge in [-0.1, -0.05) is 11.6 Å². The van der Waals surface area contributed by atoms with Gasteiger partial charge in [-0.2, -0.15) is 0 Å². The molecule has 0 aliphatic heterocycles. The summed E-state index contributed by atoms with van der Waals surface area (Å²) in [6.45, 7) is 3.11. The van der Waals surface area contributed by atoms with Crippen LogP contribution in [0.5, 0.6) is 0 Å². The maximum absolute atomic E-state index is 5.04. The molecule has 0 saturated carbocycles. The van der Waals surface area contributed by atoms with Gasteiger partial charge in [0.05, 0.1) is 0 Å². The Morgan fingerprint density at radius 2 is 2.56 bits per heavy atom. The largest absolute Gasteiger partial charge is 0.384 e. The van der Waals surface area contributed by atoms with Crippen LogP contribution in [0.1, 0.15) is 19.8 Å². The van der Waals surface area contributed by atoms with E-state index in [1.165, 1.54) is 18.4 Å². The van der Waals surface area contributed by atoms with Crippen LogP contribution in [0.15, 0.2) is 11.6 Å². The van der Waals surface area contributed by atoms with E-state index in [4.69, 9.17) is 4.74 Å². The quantitative estimate of drug-likeness (QED) is 0.514. The minimum atomic E-state index is 0.773. The Labute approximate surface area is 56.7 Å². The molecule has 0 fully saturated rings. The Kier molecular flexibility index (Phi) is 2.29. The molecule has 1 aliphatic carbocycles. The van der Waals surface area contributed by atoms with Crippen molar-refractivity contribution in [3.05, 3.63) is 11.6 Å². The van der Waals surface area contributed by atoms with Gasteiger partial charge in [0.15, 0.2) is 0 Å². The van der Waals surface area contributed by atoms with Gasteiger partial charge in [0.25, 0.3) is 0 Å². The van der Waals surface area contributed by atoms with Gasteiger partial charge < -0.3 is 4.74 Å². The van der Waals surface area contributed by atoms with Crippen molar-refractivity contribution in [1.29, 1.82) is 0 Å². The molecule has 1 heteroatoms. The Morgan fingerprint density at radius 3 is 3.00 bits per heavy atom. The summed E-state index contributed by atoms with van der Waals surface area (Å²) in [7, 11) is 1.77. The Morgan fingerprint density at radius 1 is 1.78 bits per heavy atom. The van der Waals surface area contributed by atoms with Gasteiger partial charge in [-0.15, -0.1) is 0 Å². The van der Waals surface area contributed by atoms with Crippen molar-refractivity contribution in [2.45, 2.75) is 19.8 Å². The first-order chi connectivity index (χ1) is 4.33. The summed E-state index contributed by atoms with van der Waals surface area (Å²) in [6, 6.07) is 0. The number of rotatable bonds is 2. The summed E-state index contributed by atoms with van der Waals surface area (Å²) in [5.41, 5.74) is 1.53. The average molecular weight is 126 g/mol. The number of methoxy groups -OCH3 is 1. The van der Waals surface area contributed by atoms with Crippen LogP contribution in [-0.4, -0.2) is 13.7 Å². The van der Waals surface area contributed by atoms with E-state index in [1.807, 2.05) is 0 Å². The standard InChI is InChI=1S/C8H14O/c1-7-3-4-8(5-7)6-9-2/h3,8H,4-6H2,1-2H3. The van der Waals surface area contributed by atoms with Crippen LogP contribution in [0.4, 0.5) is 0 Å². The zero-order chi connectivity index (χ0) is 6.69. The third-order valence-corrected chi connectivity index (χ3v) is 1.81. The van der Waals surface area contributed by atoms with E-state index in [9.17, 15) is 0 Å². The second kappa shape index (κ2) is 3.02. The van der Waals surface area contributed by atoms with Crippen LogP contribution in [0.25, 0.3) is 0 Å². The van der Waals surface area contributed by atoms with Crippen molar-refractivity contribution in [3.8, 4) is 0 Å². The molecule has 52 valence electrons. The van der Waals surface area contributed by atoms with E-state index in [2.05, 4.69) is 13.0 Å². The first-order valence-electron chi connectivity index (χ1n) is 3.47. The number of allylic oxidation sites excluding steroid dienone is 2. The van der Waals surface area contributed by atoms with Crippen LogP contribution in [-0.2, 0) is 4.74 Å². The summed E-state index contributed by atoms with van der Waals surface area (Å²) in [5, 5.41) is 0. The third kappa shape index (κ3) is 1.83. The van der Waals surface area contributed by atoms with E-state index in [0.29, 0.717) is 0 Å². The van der Waals surface area contributed by atoms with E-state index in [0.717, 1.165) is 12.5 Å². The predicted molar refractivity (Wildman–Crippen MR) is 38.4 cm³/mol. The number of hydrogen-bond acceptors (Lipinski definition) is 1. The van der Waals surface area contributed by atoms with Crippen LogP contribution < -0.4 is 0 Å². The molecule has 0 aromatic carbocycles. The molecular formula is C8H14O. The molecule has 0 saturated heterocycles. The summed E-state index contributed by atoms with van der Waals surface area (Å²) in [6.07, 6.45) is 4.78. The second-order valence-corrected chi connectivity index (χ2v) is 2.81. The molecule has 1 rings (SSSR count). The normalized spacial score (nSPS) is 26.4. The molecule has 1 unspecified atom stereocenters. The Balaban J connectivity index is 2.21. The van der Waals surface area contributed by atoms with E-state index in [1.54, 1.807) is 7.11 Å². The molecule has 0 bridgehead atoms. The molecule has 0 amide bonds. The SMILES string of the molecule is COCC1CC=C(C)C1. The first kappa shape index (κ1) is 6.81. The van der Waals surface area contributed by atoms with Gasteiger partial charge >= 0.3 is 0 Å². The van der Waals surface area contributed by atoms with E-state index in [-0.39, 0.29) is 0 Å². The summed E-state index contributed by atoms with van der Waals surface area (Å²) >= 11 is 0. The van der Waals surface area contributed by atoms with Crippen LogP contribution in [0.2, 0.25) is 0 Å². The summed E-state index contributed by atoms with van der Waals surface area (Å²) < 4.78 is 5.04. The van der Waals surface area contributed by atoms with Crippen LogP contribution in [0.3, 0.4) is 0 Å². The predicted octanol–water partition coefficient (Wildman–Crippen LogP) is 1.99. The lowest BCUT2D eigenvalue weighted by molar-refractivity contribution is 0.157. The highest BCUT2D eigenvalue weighted by Gasteiger charge is 2.12. The highest BCUT2D eigenvalue weighted by molar-refractivity contribution is 5.06. The van der Waals surface area contributed by atoms with E-state index < -0.39 is 0 Å². The van der Waals surface area contributed by atoms with Gasteiger partial charge in [0.1, 0.15) is 0 Å². The fraction of sp³-hybridized carbons (Fsp3) is 0.750. The topological polar surface area (TPSA) is 9.23 Å². The molecule has 0 heterocycles. The Hall–Kier alpha value is -0.300. The zero-order valence-corrected chi connectivity index (χ0v) is 6.18. The van der Waals surface area contributed by atoms with Crippen LogP contribution in [0, 0.1) is 5.92 Å². The fourth-order valence-electron chi connectivity index (χ4n) is 1.35. The molecule has 0 spiro atoms. The fourth-order valence-corrected chi connectivity index (χ4v) is 1.35. The van der Waals surface area contributed by atoms with Crippen molar-refractivity contribution in [1.82, 2.24) is 0 Å². The maximum atomic E-state index is 5.04. The lowest BCUT2D eigenvalue weighted by Crippen LogP contribution is -2.02. The second-order valence-electron chi connectivity index (χ2n) is 2.81. The van der Waals surface area contributed by atoms with Gasteiger partial charge in [-0.05, 0) is 25.7 Å². The highest BCUT2D eigenvalue weighted by atomic mass is 16.5. The van der Waals surface area contributed by atoms with Gasteiger partial charge in [-0.25, -0.2) is 0 Å². The lowest BCUT2D eigenvalue weighted by Gasteiger charge is -2.05. The van der Waals surface area contributed by atoms with Gasteiger partial charge in [-0.3, -0.25) is 0 Å². The molecule has 0 aromatic heterocycles. The molecular weight excluding hydrogens is 112 g/mol. The monoisotopic (exact) mass is 126 g/mol. The smallest absolute Gasteiger partial charge is 0.0496 e. The van der Waals surface area contributed by atoms with Crippen molar-refractivity contribution in [2.75, 3.05) is 13.7 Å². The van der Waals surface area contributed by atoms with Gasteiger partial charge in [0.2, 0.25) is 0 Å². The van der Waals surface area contributed by atoms with Gasteiger partial charge in [0, 0.05) is 13.7 Å². The van der Waals surface area contributed by atoms with Crippen molar-refractivity contribution in [3.63, 3.8) is 0 Å². The molecule has 1 atom stereocenters. The summed E-state index contributed by atoms with van der Waals surface area (Å²) in [5.74, 6) is 0.773. The molecule has 0 N–H and O–H groups in total. The molecule has 1 aliphatic rings. The average Bonchev–Trinajstić information content (AvgIpc) is 2.17.